The SMILES string of the molecule is COC(=O)C(Cc1ccccc1)C(=O)NC(Cc1ccc(NS(=O)(=O)O)cc1)c1csc(-c2cnccn2)n1. The molecular weight excluding hydrogens is 542 g/mol. The predicted octanol–water partition coefficient (Wildman–Crippen LogP) is 3.25. The molecule has 2 atom stereocenters. The topological polar surface area (TPSA) is 160 Å². The van der Waals surface area contributed by atoms with Crippen molar-refractivity contribution in [1.82, 2.24) is 20.3 Å². The van der Waals surface area contributed by atoms with E-state index in [1.165, 1.54) is 30.6 Å². The lowest BCUT2D eigenvalue weighted by Crippen LogP contribution is -2.40. The average Bonchev–Trinajstić information content (AvgIpc) is 3.43. The van der Waals surface area contributed by atoms with Gasteiger partial charge in [0.25, 0.3) is 0 Å². The number of carbonyl (C=O) groups excluding carboxylic acids is 2. The van der Waals surface area contributed by atoms with Crippen LogP contribution < -0.4 is 10.0 Å². The van der Waals surface area contributed by atoms with Gasteiger partial charge in [0.05, 0.1) is 30.7 Å². The van der Waals surface area contributed by atoms with Crippen LogP contribution in [0.2, 0.25) is 0 Å². The van der Waals surface area contributed by atoms with Crippen LogP contribution in [0.4, 0.5) is 5.69 Å². The van der Waals surface area contributed by atoms with Gasteiger partial charge in [-0.25, -0.2) is 4.98 Å². The first-order valence-corrected chi connectivity index (χ1v) is 14.0. The third kappa shape index (κ3) is 7.89. The molecule has 0 aliphatic carbocycles. The van der Waals surface area contributed by atoms with Gasteiger partial charge < -0.3 is 10.1 Å². The number of hydrogen-bond donors (Lipinski definition) is 3. The third-order valence-electron chi connectivity index (χ3n) is 5.70. The molecule has 13 heteroatoms. The monoisotopic (exact) mass is 567 g/mol. The number of nitrogens with one attached hydrogen (secondary N) is 2. The Morgan fingerprint density at radius 1 is 1.03 bits per heavy atom. The zero-order chi connectivity index (χ0) is 27.8. The van der Waals surface area contributed by atoms with Crippen molar-refractivity contribution in [2.75, 3.05) is 11.8 Å². The van der Waals surface area contributed by atoms with E-state index < -0.39 is 34.1 Å². The molecule has 2 aromatic heterocycles. The predicted molar refractivity (Wildman–Crippen MR) is 145 cm³/mol. The van der Waals surface area contributed by atoms with E-state index in [1.54, 1.807) is 36.1 Å². The van der Waals surface area contributed by atoms with Gasteiger partial charge in [-0.05, 0) is 36.1 Å². The van der Waals surface area contributed by atoms with Crippen molar-refractivity contribution in [3.05, 3.63) is 95.4 Å². The Balaban J connectivity index is 1.61. The molecule has 0 aliphatic rings. The molecule has 39 heavy (non-hydrogen) atoms. The minimum atomic E-state index is -4.41. The summed E-state index contributed by atoms with van der Waals surface area (Å²) in [5.41, 5.74) is 2.86. The number of amides is 1. The van der Waals surface area contributed by atoms with Crippen molar-refractivity contribution in [3.8, 4) is 10.7 Å². The lowest BCUT2D eigenvalue weighted by molar-refractivity contribution is -0.150. The third-order valence-corrected chi connectivity index (χ3v) is 7.08. The molecule has 202 valence electrons. The lowest BCUT2D eigenvalue weighted by Gasteiger charge is -2.21. The van der Waals surface area contributed by atoms with Crippen molar-refractivity contribution >= 4 is 39.2 Å². The van der Waals surface area contributed by atoms with Gasteiger partial charge in [0.15, 0.2) is 0 Å². The van der Waals surface area contributed by atoms with Crippen LogP contribution in [0.15, 0.2) is 78.6 Å². The molecule has 3 N–H and O–H groups in total. The number of aromatic nitrogens is 3. The lowest BCUT2D eigenvalue weighted by atomic mass is 9.97. The van der Waals surface area contributed by atoms with E-state index in [4.69, 9.17) is 9.29 Å². The highest BCUT2D eigenvalue weighted by atomic mass is 32.2. The summed E-state index contributed by atoms with van der Waals surface area (Å²) in [7, 11) is -3.18. The highest BCUT2D eigenvalue weighted by Crippen LogP contribution is 2.27. The van der Waals surface area contributed by atoms with Crippen molar-refractivity contribution < 1.29 is 27.3 Å². The van der Waals surface area contributed by atoms with Crippen LogP contribution in [0, 0.1) is 5.92 Å². The second-order valence-electron chi connectivity index (χ2n) is 8.47. The Morgan fingerprint density at radius 3 is 2.38 bits per heavy atom. The van der Waals surface area contributed by atoms with Gasteiger partial charge in [-0.15, -0.1) is 11.3 Å². The van der Waals surface area contributed by atoms with Gasteiger partial charge in [-0.3, -0.25) is 28.8 Å². The summed E-state index contributed by atoms with van der Waals surface area (Å²) in [4.78, 5) is 39.0. The van der Waals surface area contributed by atoms with Crippen LogP contribution in [0.5, 0.6) is 0 Å². The number of ether oxygens (including phenoxy) is 1. The van der Waals surface area contributed by atoms with Gasteiger partial charge in [-0.2, -0.15) is 8.42 Å². The maximum Gasteiger partial charge on any atom is 0.357 e. The minimum Gasteiger partial charge on any atom is -0.468 e. The van der Waals surface area contributed by atoms with Crippen molar-refractivity contribution in [3.63, 3.8) is 0 Å². The van der Waals surface area contributed by atoms with Crippen LogP contribution in [-0.2, 0) is 37.5 Å². The van der Waals surface area contributed by atoms with Gasteiger partial charge in [0.2, 0.25) is 5.91 Å². The van der Waals surface area contributed by atoms with E-state index in [9.17, 15) is 18.0 Å². The largest absolute Gasteiger partial charge is 0.468 e. The Hall–Kier alpha value is -4.20. The number of methoxy groups -OCH3 is 1. The van der Waals surface area contributed by atoms with E-state index in [2.05, 4.69) is 20.3 Å². The smallest absolute Gasteiger partial charge is 0.357 e. The van der Waals surface area contributed by atoms with Gasteiger partial charge in [0, 0.05) is 17.8 Å². The molecule has 0 bridgehead atoms. The van der Waals surface area contributed by atoms with Crippen LogP contribution >= 0.6 is 11.3 Å². The first-order valence-electron chi connectivity index (χ1n) is 11.7. The first-order chi connectivity index (χ1) is 18.7. The number of anilines is 1. The quantitative estimate of drug-likeness (QED) is 0.140. The van der Waals surface area contributed by atoms with Crippen molar-refractivity contribution in [2.24, 2.45) is 5.92 Å². The Morgan fingerprint density at radius 2 is 1.74 bits per heavy atom. The molecule has 1 amide bonds. The van der Waals surface area contributed by atoms with Crippen LogP contribution in [0.25, 0.3) is 10.7 Å². The number of nitrogens with zero attached hydrogens (tertiary/aromatic N) is 3. The fourth-order valence-electron chi connectivity index (χ4n) is 3.84. The highest BCUT2D eigenvalue weighted by molar-refractivity contribution is 7.87. The van der Waals surface area contributed by atoms with Gasteiger partial charge in [-0.1, -0.05) is 42.5 Å². The highest BCUT2D eigenvalue weighted by Gasteiger charge is 2.31. The molecule has 0 fully saturated rings. The maximum absolute atomic E-state index is 13.4. The second kappa shape index (κ2) is 12.6. The summed E-state index contributed by atoms with van der Waals surface area (Å²) in [6.45, 7) is 0. The normalized spacial score (nSPS) is 12.8. The molecule has 2 aromatic carbocycles. The molecule has 0 saturated heterocycles. The molecule has 4 rings (SSSR count). The number of carbonyl (C=O) groups is 2. The van der Waals surface area contributed by atoms with E-state index >= 15 is 0 Å². The molecule has 0 saturated carbocycles. The molecule has 4 aromatic rings. The number of hydrogen-bond acceptors (Lipinski definition) is 9. The van der Waals surface area contributed by atoms with Crippen LogP contribution in [0.1, 0.15) is 22.9 Å². The number of thiazole rings is 1. The summed E-state index contributed by atoms with van der Waals surface area (Å²) in [6.07, 6.45) is 5.14. The summed E-state index contributed by atoms with van der Waals surface area (Å²) in [5, 5.41) is 5.36. The number of benzene rings is 2. The fourth-order valence-corrected chi connectivity index (χ4v) is 5.11. The second-order valence-corrected chi connectivity index (χ2v) is 10.5. The Bertz CT molecular complexity index is 1510. The zero-order valence-electron chi connectivity index (χ0n) is 20.7. The molecule has 11 nitrogen and oxygen atoms in total. The molecule has 0 aliphatic heterocycles. The number of rotatable bonds is 11. The summed E-state index contributed by atoms with van der Waals surface area (Å²) >= 11 is 1.34. The van der Waals surface area contributed by atoms with E-state index in [1.807, 2.05) is 35.1 Å². The first kappa shape index (κ1) is 27.8. The van der Waals surface area contributed by atoms with Gasteiger partial charge >= 0.3 is 16.3 Å². The van der Waals surface area contributed by atoms with Crippen molar-refractivity contribution in [1.29, 1.82) is 0 Å². The fraction of sp³-hybridized carbons (Fsp3) is 0.192. The van der Waals surface area contributed by atoms with Crippen LogP contribution in [0.3, 0.4) is 0 Å². The maximum atomic E-state index is 13.4. The average molecular weight is 568 g/mol. The summed E-state index contributed by atoms with van der Waals surface area (Å²) < 4.78 is 38.1. The number of esters is 1. The standard InChI is InChI=1S/C26H25N5O6S2/c1-37-26(33)20(13-17-5-3-2-4-6-17)24(32)29-21(14-18-7-9-19(10-8-18)31-39(34,35)36)23-16-38-25(30-23)22-15-27-11-12-28-22/h2-12,15-16,20-21,31H,13-14H2,1H3,(H,29,32)(H,34,35,36). The molecule has 2 unspecified atom stereocenters. The summed E-state index contributed by atoms with van der Waals surface area (Å²) in [5.74, 6) is -2.26. The minimum absolute atomic E-state index is 0.157. The molecular formula is C26H25N5O6S2. The molecule has 2 heterocycles. The van der Waals surface area contributed by atoms with Gasteiger partial charge in [0.1, 0.15) is 16.6 Å². The zero-order valence-corrected chi connectivity index (χ0v) is 22.4. The van der Waals surface area contributed by atoms with E-state index in [-0.39, 0.29) is 18.5 Å². The summed E-state index contributed by atoms with van der Waals surface area (Å²) in [6, 6.07) is 14.8. The Kier molecular flexibility index (Phi) is 8.96. The van der Waals surface area contributed by atoms with E-state index in [0.717, 1.165) is 11.1 Å². The van der Waals surface area contributed by atoms with Crippen molar-refractivity contribution in [2.45, 2.75) is 18.9 Å². The molecule has 0 radical (unpaired) electrons. The van der Waals surface area contributed by atoms with Crippen LogP contribution in [-0.4, -0.2) is 46.9 Å². The van der Waals surface area contributed by atoms with E-state index in [0.29, 0.717) is 16.4 Å². The Labute approximate surface area is 229 Å². The molecule has 0 spiro atoms.